The maximum absolute atomic E-state index is 5.91. The van der Waals surface area contributed by atoms with Gasteiger partial charge in [-0.1, -0.05) is 12.1 Å². The molecule has 0 saturated heterocycles. The Morgan fingerprint density at radius 2 is 2.10 bits per heavy atom. The molecule has 0 aliphatic rings. The van der Waals surface area contributed by atoms with Gasteiger partial charge in [-0.05, 0) is 49.8 Å². The van der Waals surface area contributed by atoms with Gasteiger partial charge in [-0.25, -0.2) is 0 Å². The van der Waals surface area contributed by atoms with Crippen LogP contribution in [-0.2, 0) is 6.42 Å². The van der Waals surface area contributed by atoms with Gasteiger partial charge in [0.2, 0.25) is 9.04 Å². The summed E-state index contributed by atoms with van der Waals surface area (Å²) in [6, 6.07) is 12.0. The normalized spacial score (nSPS) is 11.2. The van der Waals surface area contributed by atoms with Gasteiger partial charge >= 0.3 is 0 Å². The molecule has 0 amide bonds. The van der Waals surface area contributed by atoms with Crippen molar-refractivity contribution in [1.29, 1.82) is 0 Å². The fourth-order valence-corrected chi connectivity index (χ4v) is 2.55. The minimum Gasteiger partial charge on any atom is -0.546 e. The second-order valence-electron chi connectivity index (χ2n) is 4.97. The van der Waals surface area contributed by atoms with Crippen LogP contribution in [0.5, 0.6) is 5.75 Å². The van der Waals surface area contributed by atoms with E-state index in [9.17, 15) is 0 Å². The Balaban J connectivity index is 2.13. The highest BCUT2D eigenvalue weighted by Crippen LogP contribution is 2.28. The summed E-state index contributed by atoms with van der Waals surface area (Å²) < 4.78 is 5.91. The average molecular weight is 284 g/mol. The molecule has 0 fully saturated rings. The Labute approximate surface area is 122 Å². The Morgan fingerprint density at radius 1 is 1.25 bits per heavy atom. The van der Waals surface area contributed by atoms with E-state index in [1.807, 2.05) is 30.5 Å². The van der Waals surface area contributed by atoms with Gasteiger partial charge in [0.15, 0.2) is 0 Å². The predicted octanol–water partition coefficient (Wildman–Crippen LogP) is 3.70. The number of benzene rings is 1. The minimum absolute atomic E-state index is 0.729. The van der Waals surface area contributed by atoms with Gasteiger partial charge in [0.1, 0.15) is 11.4 Å². The van der Waals surface area contributed by atoms with Crippen molar-refractivity contribution in [1.82, 2.24) is 4.98 Å². The molecule has 1 aromatic carbocycles. The van der Waals surface area contributed by atoms with Crippen molar-refractivity contribution in [2.45, 2.75) is 26.4 Å². The van der Waals surface area contributed by atoms with E-state index in [0.717, 1.165) is 23.6 Å². The van der Waals surface area contributed by atoms with Crippen molar-refractivity contribution < 1.29 is 4.43 Å². The maximum atomic E-state index is 5.91. The molecule has 1 heterocycles. The lowest BCUT2D eigenvalue weighted by Gasteiger charge is -2.12. The number of hydrogen-bond acceptors (Lipinski definition) is 3. The number of rotatable bonds is 5. The lowest BCUT2D eigenvalue weighted by Crippen LogP contribution is -2.11. The van der Waals surface area contributed by atoms with E-state index in [0.29, 0.717) is 0 Å². The topological polar surface area (TPSA) is 34.5 Å². The fraction of sp³-hybridized carbons (Fsp3) is 0.250. The highest BCUT2D eigenvalue weighted by molar-refractivity contribution is 6.49. The SMILES string of the molecule is Cc1ccc(O[SiH](C)C)c(N=CCc2ccccn2)c1. The molecule has 2 rings (SSSR count). The second kappa shape index (κ2) is 7.00. The molecular formula is C16H20N2OSi. The van der Waals surface area contributed by atoms with Crippen LogP contribution in [0.25, 0.3) is 0 Å². The number of aromatic nitrogens is 1. The van der Waals surface area contributed by atoms with E-state index in [-0.39, 0.29) is 0 Å². The van der Waals surface area contributed by atoms with E-state index in [1.54, 1.807) is 6.20 Å². The van der Waals surface area contributed by atoms with Crippen LogP contribution in [0.3, 0.4) is 0 Å². The van der Waals surface area contributed by atoms with E-state index >= 15 is 0 Å². The van der Waals surface area contributed by atoms with Crippen LogP contribution >= 0.6 is 0 Å². The molecule has 0 aliphatic heterocycles. The molecule has 1 aromatic heterocycles. The van der Waals surface area contributed by atoms with Crippen molar-refractivity contribution in [2.75, 3.05) is 0 Å². The van der Waals surface area contributed by atoms with Crippen molar-refractivity contribution in [3.05, 3.63) is 53.9 Å². The lowest BCUT2D eigenvalue weighted by molar-refractivity contribution is 0.582. The molecule has 0 bridgehead atoms. The zero-order chi connectivity index (χ0) is 14.4. The summed E-state index contributed by atoms with van der Waals surface area (Å²) in [5.41, 5.74) is 3.11. The monoisotopic (exact) mass is 284 g/mol. The molecule has 3 nitrogen and oxygen atoms in total. The summed E-state index contributed by atoms with van der Waals surface area (Å²) >= 11 is 0. The third kappa shape index (κ3) is 4.31. The van der Waals surface area contributed by atoms with Gasteiger partial charge in [0.25, 0.3) is 0 Å². The first-order chi connectivity index (χ1) is 9.65. The average Bonchev–Trinajstić information content (AvgIpc) is 2.42. The largest absolute Gasteiger partial charge is 0.546 e. The van der Waals surface area contributed by atoms with Crippen LogP contribution in [0.1, 0.15) is 11.3 Å². The molecule has 0 saturated carbocycles. The molecule has 0 unspecified atom stereocenters. The molecule has 0 aliphatic carbocycles. The maximum Gasteiger partial charge on any atom is 0.229 e. The summed E-state index contributed by atoms with van der Waals surface area (Å²) in [5, 5.41) is 0. The summed E-state index contributed by atoms with van der Waals surface area (Å²) in [7, 11) is -1.12. The minimum atomic E-state index is -1.12. The third-order valence-corrected chi connectivity index (χ3v) is 3.46. The van der Waals surface area contributed by atoms with E-state index < -0.39 is 9.04 Å². The van der Waals surface area contributed by atoms with Crippen LogP contribution in [0.2, 0.25) is 13.1 Å². The highest BCUT2D eigenvalue weighted by Gasteiger charge is 2.05. The third-order valence-electron chi connectivity index (χ3n) is 2.73. The van der Waals surface area contributed by atoms with Gasteiger partial charge in [-0.15, -0.1) is 0 Å². The molecule has 0 atom stereocenters. The zero-order valence-corrected chi connectivity index (χ0v) is 13.4. The molecule has 104 valence electrons. The number of aliphatic imine (C=N–C) groups is 1. The first-order valence-corrected chi connectivity index (χ1v) is 9.63. The molecule has 0 radical (unpaired) electrons. The molecule has 0 N–H and O–H groups in total. The molecular weight excluding hydrogens is 264 g/mol. The molecule has 4 heteroatoms. The van der Waals surface area contributed by atoms with Gasteiger partial charge < -0.3 is 4.43 Å². The Morgan fingerprint density at radius 3 is 2.80 bits per heavy atom. The van der Waals surface area contributed by atoms with Crippen LogP contribution in [0.4, 0.5) is 5.69 Å². The van der Waals surface area contributed by atoms with Crippen molar-refractivity contribution >= 4 is 20.9 Å². The van der Waals surface area contributed by atoms with Gasteiger partial charge in [-0.3, -0.25) is 9.98 Å². The summed E-state index contributed by atoms with van der Waals surface area (Å²) in [6.07, 6.45) is 4.42. The lowest BCUT2D eigenvalue weighted by atomic mass is 10.2. The van der Waals surface area contributed by atoms with E-state index in [4.69, 9.17) is 4.43 Å². The molecule has 0 spiro atoms. The van der Waals surface area contributed by atoms with E-state index in [1.165, 1.54) is 5.56 Å². The van der Waals surface area contributed by atoms with Crippen LogP contribution < -0.4 is 4.43 Å². The molecule has 2 aromatic rings. The van der Waals surface area contributed by atoms with Gasteiger partial charge in [-0.2, -0.15) is 0 Å². The molecule has 20 heavy (non-hydrogen) atoms. The Kier molecular flexibility index (Phi) is 5.07. The van der Waals surface area contributed by atoms with Crippen molar-refractivity contribution in [3.63, 3.8) is 0 Å². The summed E-state index contributed by atoms with van der Waals surface area (Å²) in [5.74, 6) is 0.884. The van der Waals surface area contributed by atoms with Crippen LogP contribution in [0, 0.1) is 6.92 Å². The zero-order valence-electron chi connectivity index (χ0n) is 12.2. The number of pyridine rings is 1. The van der Waals surface area contributed by atoms with Crippen LogP contribution in [0.15, 0.2) is 47.6 Å². The smallest absolute Gasteiger partial charge is 0.229 e. The second-order valence-corrected chi connectivity index (χ2v) is 7.31. The number of hydrogen-bond donors (Lipinski definition) is 0. The predicted molar refractivity (Wildman–Crippen MR) is 86.8 cm³/mol. The van der Waals surface area contributed by atoms with E-state index in [2.05, 4.69) is 42.1 Å². The summed E-state index contributed by atoms with van der Waals surface area (Å²) in [4.78, 5) is 8.83. The number of nitrogens with zero attached hydrogens (tertiary/aromatic N) is 2. The number of aryl methyl sites for hydroxylation is 1. The Hall–Kier alpha value is -1.94. The van der Waals surface area contributed by atoms with Crippen LogP contribution in [-0.4, -0.2) is 20.2 Å². The van der Waals surface area contributed by atoms with Gasteiger partial charge in [0.05, 0.1) is 0 Å². The van der Waals surface area contributed by atoms with Crippen molar-refractivity contribution in [2.24, 2.45) is 4.99 Å². The van der Waals surface area contributed by atoms with Gasteiger partial charge in [0, 0.05) is 24.5 Å². The standard InChI is InChI=1S/C16H20N2OSi/c1-13-7-8-16(19-20(2)3)15(12-13)18-11-9-14-6-4-5-10-17-14/h4-8,10-12,20H,9H2,1-3H3. The van der Waals surface area contributed by atoms with Crippen molar-refractivity contribution in [3.8, 4) is 5.75 Å². The first kappa shape index (κ1) is 14.5. The summed E-state index contributed by atoms with van der Waals surface area (Å²) in [6.45, 7) is 6.37. The fourth-order valence-electron chi connectivity index (χ4n) is 1.84. The highest BCUT2D eigenvalue weighted by atomic mass is 28.3. The Bertz CT molecular complexity index is 582. The quantitative estimate of drug-likeness (QED) is 0.620. The first-order valence-electron chi connectivity index (χ1n) is 6.85.